The van der Waals surface area contributed by atoms with E-state index < -0.39 is 12.1 Å². The first kappa shape index (κ1) is 20.8. The monoisotopic (exact) mass is 377 g/mol. The summed E-state index contributed by atoms with van der Waals surface area (Å²) >= 11 is 0. The fourth-order valence-electron chi connectivity index (χ4n) is 2.71. The van der Waals surface area contributed by atoms with Crippen LogP contribution >= 0.6 is 0 Å². The lowest BCUT2D eigenvalue weighted by Crippen LogP contribution is -2.37. The van der Waals surface area contributed by atoms with E-state index in [4.69, 9.17) is 18.9 Å². The lowest BCUT2D eigenvalue weighted by atomic mass is 10.1. The van der Waals surface area contributed by atoms with Crippen molar-refractivity contribution in [2.24, 2.45) is 0 Å². The fourth-order valence-corrected chi connectivity index (χ4v) is 2.71. The van der Waals surface area contributed by atoms with Crippen molar-refractivity contribution in [3.8, 4) is 11.5 Å². The third-order valence-corrected chi connectivity index (χ3v) is 3.99. The van der Waals surface area contributed by atoms with E-state index in [0.29, 0.717) is 25.5 Å². The first-order chi connectivity index (χ1) is 12.9. The molecular weight excluding hydrogens is 350 g/mol. The molecule has 148 valence electrons. The van der Waals surface area contributed by atoms with Gasteiger partial charge in [-0.2, -0.15) is 0 Å². The molecule has 1 aliphatic heterocycles. The van der Waals surface area contributed by atoms with Crippen molar-refractivity contribution in [3.05, 3.63) is 29.3 Å². The molecule has 0 aliphatic carbocycles. The topological polar surface area (TPSA) is 83.1 Å². The Bertz CT molecular complexity index is 700. The Balaban J connectivity index is 2.01. The molecule has 7 nitrogen and oxygen atoms in total. The van der Waals surface area contributed by atoms with Gasteiger partial charge < -0.3 is 24.3 Å². The molecule has 1 heterocycles. The number of carbonyl (C=O) groups is 2. The summed E-state index contributed by atoms with van der Waals surface area (Å²) in [5, 5.41) is 2.62. The molecule has 2 rings (SSSR count). The molecular formula is C20H27NO6. The maximum absolute atomic E-state index is 12.0. The summed E-state index contributed by atoms with van der Waals surface area (Å²) in [5.41, 5.74) is 1.81. The zero-order valence-corrected chi connectivity index (χ0v) is 16.2. The van der Waals surface area contributed by atoms with Gasteiger partial charge in [-0.05, 0) is 39.0 Å². The van der Waals surface area contributed by atoms with Gasteiger partial charge in [0.05, 0.1) is 13.2 Å². The van der Waals surface area contributed by atoms with Crippen LogP contribution in [0.15, 0.2) is 18.2 Å². The Hall–Kier alpha value is -2.54. The second kappa shape index (κ2) is 9.97. The number of amides is 1. The van der Waals surface area contributed by atoms with E-state index in [0.717, 1.165) is 23.3 Å². The molecule has 0 spiro atoms. The van der Waals surface area contributed by atoms with E-state index in [1.807, 2.05) is 26.0 Å². The summed E-state index contributed by atoms with van der Waals surface area (Å²) in [7, 11) is 1.54. The highest BCUT2D eigenvalue weighted by Gasteiger charge is 2.21. The minimum atomic E-state index is -0.894. The summed E-state index contributed by atoms with van der Waals surface area (Å²) in [6.07, 6.45) is 2.94. The van der Waals surface area contributed by atoms with Crippen LogP contribution in [0.4, 0.5) is 0 Å². The van der Waals surface area contributed by atoms with E-state index in [1.165, 1.54) is 13.0 Å². The Kier molecular flexibility index (Phi) is 7.67. The van der Waals surface area contributed by atoms with Crippen molar-refractivity contribution >= 4 is 18.0 Å². The number of rotatable bonds is 9. The van der Waals surface area contributed by atoms with Crippen molar-refractivity contribution in [1.82, 2.24) is 5.32 Å². The van der Waals surface area contributed by atoms with Gasteiger partial charge in [0.15, 0.2) is 6.10 Å². The zero-order valence-electron chi connectivity index (χ0n) is 16.2. The molecule has 0 fully saturated rings. The molecule has 1 aromatic rings. The second-order valence-electron chi connectivity index (χ2n) is 6.26. The molecule has 1 aliphatic rings. The van der Waals surface area contributed by atoms with Crippen LogP contribution < -0.4 is 14.8 Å². The highest BCUT2D eigenvalue weighted by Crippen LogP contribution is 2.35. The average molecular weight is 377 g/mol. The number of fused-ring (bicyclic) bond motifs is 1. The van der Waals surface area contributed by atoms with Gasteiger partial charge in [0.1, 0.15) is 17.6 Å². The average Bonchev–Trinajstić information content (AvgIpc) is 2.98. The molecule has 1 amide bonds. The first-order valence-electron chi connectivity index (χ1n) is 9.06. The van der Waals surface area contributed by atoms with E-state index in [1.54, 1.807) is 13.2 Å². The second-order valence-corrected chi connectivity index (χ2v) is 6.26. The SMILES string of the molecule is CCOc1cc2c(cc1/C=C/C(=O)O[C@@H](C)C(=O)NCCOC)O[C@H](C)C2. The van der Waals surface area contributed by atoms with Gasteiger partial charge in [0, 0.05) is 37.3 Å². The van der Waals surface area contributed by atoms with Crippen molar-refractivity contribution < 1.29 is 28.5 Å². The highest BCUT2D eigenvalue weighted by atomic mass is 16.5. The fraction of sp³-hybridized carbons (Fsp3) is 0.500. The third-order valence-electron chi connectivity index (χ3n) is 3.99. The molecule has 27 heavy (non-hydrogen) atoms. The number of ether oxygens (including phenoxy) is 4. The minimum absolute atomic E-state index is 0.121. The summed E-state index contributed by atoms with van der Waals surface area (Å²) in [6, 6.07) is 3.80. The Labute approximate surface area is 159 Å². The number of carbonyl (C=O) groups excluding carboxylic acids is 2. The van der Waals surface area contributed by atoms with E-state index in [9.17, 15) is 9.59 Å². The number of esters is 1. The van der Waals surface area contributed by atoms with Crippen molar-refractivity contribution in [1.29, 1.82) is 0 Å². The molecule has 1 N–H and O–H groups in total. The standard InChI is InChI=1S/C20H27NO6/c1-5-25-17-12-16-10-13(2)26-18(16)11-15(17)6-7-19(22)27-14(3)20(23)21-8-9-24-4/h6-7,11-14H,5,8-10H2,1-4H3,(H,21,23)/b7-6+/t13-,14+/m1/s1. The van der Waals surface area contributed by atoms with Gasteiger partial charge >= 0.3 is 5.97 Å². The van der Waals surface area contributed by atoms with Gasteiger partial charge in [-0.1, -0.05) is 0 Å². The van der Waals surface area contributed by atoms with Crippen LogP contribution in [0, 0.1) is 0 Å². The molecule has 1 aromatic carbocycles. The van der Waals surface area contributed by atoms with Crippen LogP contribution in [-0.4, -0.2) is 51.0 Å². The number of benzene rings is 1. The third kappa shape index (κ3) is 5.99. The maximum Gasteiger partial charge on any atom is 0.331 e. The van der Waals surface area contributed by atoms with Crippen LogP contribution in [0.1, 0.15) is 31.9 Å². The van der Waals surface area contributed by atoms with Crippen LogP contribution in [0.3, 0.4) is 0 Å². The highest BCUT2D eigenvalue weighted by molar-refractivity contribution is 5.90. The zero-order chi connectivity index (χ0) is 19.8. The van der Waals surface area contributed by atoms with Gasteiger partial charge in [0.2, 0.25) is 0 Å². The normalized spacial score (nSPS) is 16.5. The summed E-state index contributed by atoms with van der Waals surface area (Å²) in [6.45, 7) is 6.69. The van der Waals surface area contributed by atoms with Gasteiger partial charge in [-0.3, -0.25) is 4.79 Å². The van der Waals surface area contributed by atoms with E-state index in [2.05, 4.69) is 5.32 Å². The smallest absolute Gasteiger partial charge is 0.331 e. The Morgan fingerprint density at radius 2 is 2.19 bits per heavy atom. The number of hydrogen-bond donors (Lipinski definition) is 1. The maximum atomic E-state index is 12.0. The van der Waals surface area contributed by atoms with Crippen LogP contribution in [0.2, 0.25) is 0 Å². The lowest BCUT2D eigenvalue weighted by molar-refractivity contribution is -0.150. The number of hydrogen-bond acceptors (Lipinski definition) is 6. The molecule has 7 heteroatoms. The number of methoxy groups -OCH3 is 1. The largest absolute Gasteiger partial charge is 0.493 e. The molecule has 0 bridgehead atoms. The molecule has 0 saturated heterocycles. The van der Waals surface area contributed by atoms with Crippen molar-refractivity contribution in [3.63, 3.8) is 0 Å². The Morgan fingerprint density at radius 1 is 1.41 bits per heavy atom. The van der Waals surface area contributed by atoms with Gasteiger partial charge in [-0.25, -0.2) is 4.79 Å². The van der Waals surface area contributed by atoms with Crippen LogP contribution in [-0.2, 0) is 25.5 Å². The molecule has 0 unspecified atom stereocenters. The molecule has 0 aromatic heterocycles. The summed E-state index contributed by atoms with van der Waals surface area (Å²) in [4.78, 5) is 23.9. The van der Waals surface area contributed by atoms with E-state index in [-0.39, 0.29) is 12.0 Å². The van der Waals surface area contributed by atoms with E-state index >= 15 is 0 Å². The predicted octanol–water partition coefficient (Wildman–Crippen LogP) is 2.12. The molecule has 2 atom stereocenters. The minimum Gasteiger partial charge on any atom is -0.493 e. The Morgan fingerprint density at radius 3 is 2.89 bits per heavy atom. The quantitative estimate of drug-likeness (QED) is 0.403. The molecule has 0 radical (unpaired) electrons. The summed E-state index contributed by atoms with van der Waals surface area (Å²) < 4.78 is 21.4. The van der Waals surface area contributed by atoms with Gasteiger partial charge in [-0.15, -0.1) is 0 Å². The van der Waals surface area contributed by atoms with Crippen LogP contribution in [0.5, 0.6) is 11.5 Å². The predicted molar refractivity (Wildman–Crippen MR) is 101 cm³/mol. The van der Waals surface area contributed by atoms with Crippen LogP contribution in [0.25, 0.3) is 6.08 Å². The molecule has 0 saturated carbocycles. The number of nitrogens with one attached hydrogen (secondary N) is 1. The summed E-state index contributed by atoms with van der Waals surface area (Å²) in [5.74, 6) is 0.499. The first-order valence-corrected chi connectivity index (χ1v) is 9.06. The lowest BCUT2D eigenvalue weighted by Gasteiger charge is -2.12. The van der Waals surface area contributed by atoms with Crippen molar-refractivity contribution in [2.75, 3.05) is 26.9 Å². The van der Waals surface area contributed by atoms with Crippen molar-refractivity contribution in [2.45, 2.75) is 39.4 Å². The van der Waals surface area contributed by atoms with Gasteiger partial charge in [0.25, 0.3) is 5.91 Å².